The summed E-state index contributed by atoms with van der Waals surface area (Å²) in [5, 5.41) is 8.63. The number of hydrogen-bond donors (Lipinski definition) is 4. The molecule has 0 saturated carbocycles. The molecule has 10 rings (SSSR count). The molecule has 0 radical (unpaired) electrons. The number of aromatic amines is 2. The van der Waals surface area contributed by atoms with E-state index < -0.39 is 0 Å². The Hall–Kier alpha value is -7.96. The van der Waals surface area contributed by atoms with E-state index in [9.17, 15) is 4.79 Å². The molecule has 0 saturated heterocycles. The van der Waals surface area contributed by atoms with Crippen LogP contribution < -0.4 is 21.3 Å². The first kappa shape index (κ1) is 36.4. The highest BCUT2D eigenvalue weighted by Crippen LogP contribution is 2.36. The van der Waals surface area contributed by atoms with Crippen LogP contribution in [0.3, 0.4) is 0 Å². The molecule has 1 amide bonds. The molecular formula is C54H41N5O. The number of benzene rings is 5. The number of hydrogen-bond acceptors (Lipinski definition) is 3. The van der Waals surface area contributed by atoms with Gasteiger partial charge in [0.1, 0.15) is 0 Å². The standard InChI is InChI=1S/C54H41N5O/c1-55-54(60)40-25-22-35(23-26-40)24-27-41-34-48-51(38-18-10-4-11-19-38)46-31-30-44(57-46)49(36-14-6-2-7-15-36)42-28-29-43(56-42)50(37-16-8-3-9-17-37)45-32-33-47(58-45)52(53(41)59-48)39-20-12-5-13-21-39/h2-34,47,56,58-59H,1H3,(H,55,60)/b27-24+,49-44?,50-45-,51-48?,53-52?. The number of nitrogens with one attached hydrogen (secondary N) is 4. The number of aromatic nitrogens is 2. The number of carbonyl (C=O) groups excluding carboxylic acids is 1. The van der Waals surface area contributed by atoms with Crippen molar-refractivity contribution in [3.8, 4) is 0 Å². The summed E-state index contributed by atoms with van der Waals surface area (Å²) in [6, 6.07) is 56.3. The van der Waals surface area contributed by atoms with Gasteiger partial charge in [-0.3, -0.25) is 4.79 Å². The molecule has 3 aliphatic rings. The van der Waals surface area contributed by atoms with Crippen molar-refractivity contribution < 1.29 is 4.79 Å². The highest BCUT2D eigenvalue weighted by atomic mass is 16.1. The molecule has 4 N–H and O–H groups in total. The summed E-state index contributed by atoms with van der Waals surface area (Å²) in [6.45, 7) is 0. The second kappa shape index (κ2) is 15.8. The predicted octanol–water partition coefficient (Wildman–Crippen LogP) is 9.04. The van der Waals surface area contributed by atoms with Gasteiger partial charge in [0, 0.05) is 62.9 Å². The maximum Gasteiger partial charge on any atom is 0.251 e. The zero-order valence-electron chi connectivity index (χ0n) is 33.0. The number of carbonyl (C=O) groups is 1. The summed E-state index contributed by atoms with van der Waals surface area (Å²) < 4.78 is 0. The molecule has 0 spiro atoms. The largest absolute Gasteiger partial charge is 0.374 e. The Bertz CT molecular complexity index is 3070. The van der Waals surface area contributed by atoms with Crippen LogP contribution in [0.2, 0.25) is 0 Å². The van der Waals surface area contributed by atoms with E-state index in [1.54, 1.807) is 7.05 Å². The smallest absolute Gasteiger partial charge is 0.251 e. The first-order chi connectivity index (χ1) is 29.6. The minimum atomic E-state index is -0.177. The van der Waals surface area contributed by atoms with Crippen LogP contribution in [0, 0.1) is 0 Å². The van der Waals surface area contributed by atoms with E-state index in [1.807, 2.05) is 36.4 Å². The molecule has 3 aliphatic heterocycles. The number of allylic oxidation sites excluding steroid dienone is 3. The predicted molar refractivity (Wildman–Crippen MR) is 245 cm³/mol. The molecule has 5 heterocycles. The summed E-state index contributed by atoms with van der Waals surface area (Å²) in [7, 11) is 1.65. The van der Waals surface area contributed by atoms with Crippen LogP contribution in [0.4, 0.5) is 0 Å². The van der Waals surface area contributed by atoms with Crippen molar-refractivity contribution in [3.05, 3.63) is 261 Å². The van der Waals surface area contributed by atoms with E-state index in [1.165, 1.54) is 0 Å². The molecule has 1 unspecified atom stereocenters. The van der Waals surface area contributed by atoms with Gasteiger partial charge in [0.25, 0.3) is 5.91 Å². The lowest BCUT2D eigenvalue weighted by molar-refractivity contribution is 0.0963. The van der Waals surface area contributed by atoms with Gasteiger partial charge in [0.15, 0.2) is 0 Å². The van der Waals surface area contributed by atoms with E-state index in [2.05, 4.69) is 184 Å². The van der Waals surface area contributed by atoms with E-state index >= 15 is 0 Å². The first-order valence-electron chi connectivity index (χ1n) is 20.2. The molecule has 0 fully saturated rings. The number of rotatable bonds is 7. The summed E-state index contributed by atoms with van der Waals surface area (Å²) in [4.78, 5) is 25.6. The summed E-state index contributed by atoms with van der Waals surface area (Å²) in [5.74, 6) is -0.111. The van der Waals surface area contributed by atoms with Crippen molar-refractivity contribution in [3.63, 3.8) is 0 Å². The molecule has 2 aromatic heterocycles. The SMILES string of the molecule is CNC(=O)c1ccc(/C=C/c2cc3[nH]c2=C(c2ccccc2)C2C=C/C(=C(\c4ccccc4)c4ccc([nH]4)C(c4ccccc4)=C4C=CC(=N4)C=3c3ccccc3)N2)cc1. The Morgan fingerprint density at radius 2 is 1.18 bits per heavy atom. The zero-order chi connectivity index (χ0) is 40.4. The molecule has 5 aromatic carbocycles. The van der Waals surface area contributed by atoms with Crippen molar-refractivity contribution in [2.24, 2.45) is 4.99 Å². The molecule has 1 atom stereocenters. The second-order valence-corrected chi connectivity index (χ2v) is 14.9. The monoisotopic (exact) mass is 775 g/mol. The van der Waals surface area contributed by atoms with Crippen LogP contribution in [-0.4, -0.2) is 34.7 Å². The number of H-pyrrole nitrogens is 2. The van der Waals surface area contributed by atoms with Crippen LogP contribution >= 0.6 is 0 Å². The van der Waals surface area contributed by atoms with E-state index in [0.29, 0.717) is 5.56 Å². The zero-order valence-corrected chi connectivity index (χ0v) is 33.0. The average molecular weight is 776 g/mol. The molecule has 60 heavy (non-hydrogen) atoms. The fraction of sp³-hybridized carbons (Fsp3) is 0.0370. The van der Waals surface area contributed by atoms with Gasteiger partial charge in [-0.05, 0) is 76.4 Å². The average Bonchev–Trinajstić information content (AvgIpc) is 4.15. The number of aliphatic imine (C=N–C) groups is 1. The molecule has 6 heteroatoms. The van der Waals surface area contributed by atoms with Gasteiger partial charge in [-0.2, -0.15) is 0 Å². The van der Waals surface area contributed by atoms with E-state index in [-0.39, 0.29) is 11.9 Å². The van der Waals surface area contributed by atoms with Gasteiger partial charge >= 0.3 is 0 Å². The lowest BCUT2D eigenvalue weighted by atomic mass is 9.97. The number of fused-ring (bicyclic) bond motifs is 7. The van der Waals surface area contributed by atoms with Gasteiger partial charge in [0.05, 0.1) is 22.8 Å². The van der Waals surface area contributed by atoms with Crippen LogP contribution in [0.1, 0.15) is 55.1 Å². The summed E-state index contributed by atoms with van der Waals surface area (Å²) in [5.41, 5.74) is 15.9. The number of amides is 1. The van der Waals surface area contributed by atoms with Crippen molar-refractivity contribution in [2.75, 3.05) is 7.05 Å². The van der Waals surface area contributed by atoms with Crippen molar-refractivity contribution in [1.29, 1.82) is 0 Å². The minimum Gasteiger partial charge on any atom is -0.374 e. The van der Waals surface area contributed by atoms with Gasteiger partial charge in [0.2, 0.25) is 0 Å². The van der Waals surface area contributed by atoms with E-state index in [4.69, 9.17) is 4.99 Å². The molecule has 6 nitrogen and oxygen atoms in total. The highest BCUT2D eigenvalue weighted by Gasteiger charge is 2.26. The van der Waals surface area contributed by atoms with Gasteiger partial charge in [-0.15, -0.1) is 0 Å². The van der Waals surface area contributed by atoms with Crippen LogP contribution in [0.15, 0.2) is 204 Å². The molecular weight excluding hydrogens is 735 g/mol. The highest BCUT2D eigenvalue weighted by molar-refractivity contribution is 6.30. The second-order valence-electron chi connectivity index (χ2n) is 14.9. The van der Waals surface area contributed by atoms with Crippen molar-refractivity contribution >= 4 is 46.1 Å². The minimum absolute atomic E-state index is 0.111. The number of nitrogens with zero attached hydrogens (tertiary/aromatic N) is 1. The molecule has 8 bridgehead atoms. The maximum absolute atomic E-state index is 12.3. The molecule has 288 valence electrons. The van der Waals surface area contributed by atoms with E-state index in [0.717, 1.165) is 94.9 Å². The lowest BCUT2D eigenvalue weighted by Gasteiger charge is -2.19. The Morgan fingerprint density at radius 3 is 1.82 bits per heavy atom. The van der Waals surface area contributed by atoms with Gasteiger partial charge in [-0.25, -0.2) is 4.99 Å². The van der Waals surface area contributed by atoms with Crippen LogP contribution in [-0.2, 0) is 0 Å². The lowest BCUT2D eigenvalue weighted by Crippen LogP contribution is -2.30. The third-order valence-corrected chi connectivity index (χ3v) is 11.2. The third-order valence-electron chi connectivity index (χ3n) is 11.2. The molecule has 7 aromatic rings. The Labute approximate surface area is 348 Å². The normalized spacial score (nSPS) is 17.0. The third kappa shape index (κ3) is 6.90. The Morgan fingerprint density at radius 1 is 0.600 bits per heavy atom. The van der Waals surface area contributed by atoms with Crippen LogP contribution in [0.5, 0.6) is 0 Å². The van der Waals surface area contributed by atoms with Crippen molar-refractivity contribution in [1.82, 2.24) is 20.6 Å². The fourth-order valence-corrected chi connectivity index (χ4v) is 8.39. The Balaban J connectivity index is 1.30. The first-order valence-corrected chi connectivity index (χ1v) is 20.2. The maximum atomic E-state index is 12.3. The van der Waals surface area contributed by atoms with Gasteiger partial charge in [-0.1, -0.05) is 152 Å². The Kier molecular flexibility index (Phi) is 9.56. The summed E-state index contributed by atoms with van der Waals surface area (Å²) >= 11 is 0. The van der Waals surface area contributed by atoms with Crippen molar-refractivity contribution in [2.45, 2.75) is 6.04 Å². The summed E-state index contributed by atoms with van der Waals surface area (Å²) in [6.07, 6.45) is 13.0. The molecule has 0 aliphatic carbocycles. The topological polar surface area (TPSA) is 85.1 Å². The van der Waals surface area contributed by atoms with Crippen LogP contribution in [0.25, 0.3) is 34.4 Å². The fourth-order valence-electron chi connectivity index (χ4n) is 8.39. The quantitative estimate of drug-likeness (QED) is 0.130. The van der Waals surface area contributed by atoms with Gasteiger partial charge < -0.3 is 20.6 Å².